The monoisotopic (exact) mass is 514 g/mol. The normalized spacial score (nSPS) is 16.4. The number of hydrogen-bond donors (Lipinski definition) is 2. The van der Waals surface area contributed by atoms with Crippen molar-refractivity contribution >= 4 is 29.9 Å². The molecule has 1 atom stereocenters. The SMILES string of the molecule is CCNC(=NCC(c1ccc(OC)cc1)N1CCCC1)NCCC(F)(F)F.I. The van der Waals surface area contributed by atoms with E-state index in [1.807, 2.05) is 31.2 Å². The largest absolute Gasteiger partial charge is 0.497 e. The summed E-state index contributed by atoms with van der Waals surface area (Å²) in [7, 11) is 1.63. The Morgan fingerprint density at radius 2 is 1.82 bits per heavy atom. The Bertz CT molecular complexity index is 590. The van der Waals surface area contributed by atoms with Crippen molar-refractivity contribution < 1.29 is 17.9 Å². The number of aliphatic imine (C=N–C) groups is 1. The first-order valence-electron chi connectivity index (χ1n) is 9.40. The van der Waals surface area contributed by atoms with Crippen LogP contribution in [0.25, 0.3) is 0 Å². The number of guanidine groups is 1. The Kier molecular flexibility index (Phi) is 10.9. The van der Waals surface area contributed by atoms with Crippen LogP contribution in [0.1, 0.15) is 37.8 Å². The molecular formula is C19H30F3IN4O. The van der Waals surface area contributed by atoms with Crippen LogP contribution in [0.15, 0.2) is 29.3 Å². The zero-order chi connectivity index (χ0) is 19.7. The van der Waals surface area contributed by atoms with E-state index in [2.05, 4.69) is 20.5 Å². The lowest BCUT2D eigenvalue weighted by molar-refractivity contribution is -0.132. The lowest BCUT2D eigenvalue weighted by atomic mass is 10.1. The summed E-state index contributed by atoms with van der Waals surface area (Å²) in [5, 5.41) is 5.79. The number of likely N-dealkylation sites (tertiary alicyclic amines) is 1. The van der Waals surface area contributed by atoms with Gasteiger partial charge in [0, 0.05) is 13.1 Å². The number of nitrogens with one attached hydrogen (secondary N) is 2. The predicted molar refractivity (Wildman–Crippen MR) is 117 cm³/mol. The van der Waals surface area contributed by atoms with E-state index in [0.29, 0.717) is 19.0 Å². The van der Waals surface area contributed by atoms with E-state index < -0.39 is 12.6 Å². The predicted octanol–water partition coefficient (Wildman–Crippen LogP) is 3.96. The summed E-state index contributed by atoms with van der Waals surface area (Å²) in [4.78, 5) is 6.93. The number of ether oxygens (including phenoxy) is 1. The number of alkyl halides is 3. The number of methoxy groups -OCH3 is 1. The van der Waals surface area contributed by atoms with Gasteiger partial charge in [-0.2, -0.15) is 13.2 Å². The van der Waals surface area contributed by atoms with Gasteiger partial charge in [0.05, 0.1) is 26.1 Å². The molecule has 1 aromatic rings. The van der Waals surface area contributed by atoms with Crippen molar-refractivity contribution in [2.45, 2.75) is 38.4 Å². The number of rotatable bonds is 8. The fourth-order valence-corrected chi connectivity index (χ4v) is 3.15. The molecule has 1 aliphatic heterocycles. The van der Waals surface area contributed by atoms with Crippen molar-refractivity contribution in [3.63, 3.8) is 0 Å². The van der Waals surface area contributed by atoms with Crippen molar-refractivity contribution in [3.8, 4) is 5.75 Å². The van der Waals surface area contributed by atoms with Crippen LogP contribution in [-0.4, -0.2) is 56.9 Å². The van der Waals surface area contributed by atoms with Gasteiger partial charge in [-0.1, -0.05) is 12.1 Å². The van der Waals surface area contributed by atoms with E-state index in [1.165, 1.54) is 0 Å². The summed E-state index contributed by atoms with van der Waals surface area (Å²) < 4.78 is 42.4. The lowest BCUT2D eigenvalue weighted by Crippen LogP contribution is -2.39. The minimum absolute atomic E-state index is 0. The fourth-order valence-electron chi connectivity index (χ4n) is 3.15. The molecule has 0 saturated carbocycles. The topological polar surface area (TPSA) is 48.9 Å². The zero-order valence-electron chi connectivity index (χ0n) is 16.4. The van der Waals surface area contributed by atoms with Gasteiger partial charge in [-0.15, -0.1) is 24.0 Å². The van der Waals surface area contributed by atoms with Crippen molar-refractivity contribution in [3.05, 3.63) is 29.8 Å². The highest BCUT2D eigenvalue weighted by Crippen LogP contribution is 2.27. The third-order valence-corrected chi connectivity index (χ3v) is 4.55. The number of benzene rings is 1. The molecular weight excluding hydrogens is 484 g/mol. The third-order valence-electron chi connectivity index (χ3n) is 4.55. The molecule has 0 aromatic heterocycles. The Balaban J connectivity index is 0.00000392. The number of halogens is 4. The zero-order valence-corrected chi connectivity index (χ0v) is 18.7. The summed E-state index contributed by atoms with van der Waals surface area (Å²) in [6.07, 6.45) is -2.75. The van der Waals surface area contributed by atoms with Crippen LogP contribution in [0, 0.1) is 0 Å². The Morgan fingerprint density at radius 1 is 1.18 bits per heavy atom. The molecule has 1 saturated heterocycles. The van der Waals surface area contributed by atoms with Gasteiger partial charge >= 0.3 is 6.18 Å². The van der Waals surface area contributed by atoms with E-state index in [0.717, 1.165) is 37.2 Å². The number of nitrogens with zero attached hydrogens (tertiary/aromatic N) is 2. The molecule has 1 aliphatic rings. The van der Waals surface area contributed by atoms with Crippen LogP contribution < -0.4 is 15.4 Å². The molecule has 28 heavy (non-hydrogen) atoms. The second-order valence-electron chi connectivity index (χ2n) is 6.54. The minimum Gasteiger partial charge on any atom is -0.497 e. The van der Waals surface area contributed by atoms with Crippen LogP contribution >= 0.6 is 24.0 Å². The van der Waals surface area contributed by atoms with Crippen LogP contribution in [-0.2, 0) is 0 Å². The highest BCUT2D eigenvalue weighted by molar-refractivity contribution is 14.0. The van der Waals surface area contributed by atoms with E-state index in [-0.39, 0.29) is 36.6 Å². The van der Waals surface area contributed by atoms with Crippen LogP contribution in [0.2, 0.25) is 0 Å². The first-order valence-corrected chi connectivity index (χ1v) is 9.40. The molecule has 9 heteroatoms. The Hall–Kier alpha value is -1.23. The number of hydrogen-bond acceptors (Lipinski definition) is 3. The highest BCUT2D eigenvalue weighted by atomic mass is 127. The summed E-state index contributed by atoms with van der Waals surface area (Å²) in [5.74, 6) is 1.21. The average molecular weight is 514 g/mol. The molecule has 1 unspecified atom stereocenters. The molecule has 1 aromatic carbocycles. The highest BCUT2D eigenvalue weighted by Gasteiger charge is 2.26. The maximum absolute atomic E-state index is 12.4. The van der Waals surface area contributed by atoms with Gasteiger partial charge < -0.3 is 15.4 Å². The standard InChI is InChI=1S/C19H29F3N4O.HI/c1-3-23-18(24-11-10-19(20,21)22)25-14-17(26-12-4-5-13-26)15-6-8-16(27-2)9-7-15;/h6-9,17H,3-5,10-14H2,1-2H3,(H2,23,24,25);1H. The molecule has 1 fully saturated rings. The molecule has 0 aliphatic carbocycles. The van der Waals surface area contributed by atoms with Gasteiger partial charge in [-0.25, -0.2) is 0 Å². The summed E-state index contributed by atoms with van der Waals surface area (Å²) in [6, 6.07) is 8.00. The molecule has 160 valence electrons. The van der Waals surface area contributed by atoms with Crippen molar-refractivity contribution in [2.24, 2.45) is 4.99 Å². The van der Waals surface area contributed by atoms with Crippen LogP contribution in [0.4, 0.5) is 13.2 Å². The van der Waals surface area contributed by atoms with Gasteiger partial charge in [-0.05, 0) is 50.6 Å². The summed E-state index contributed by atoms with van der Waals surface area (Å²) in [6.45, 7) is 4.78. The molecule has 0 amide bonds. The van der Waals surface area contributed by atoms with Crippen LogP contribution in [0.3, 0.4) is 0 Å². The van der Waals surface area contributed by atoms with Crippen LogP contribution in [0.5, 0.6) is 5.75 Å². The van der Waals surface area contributed by atoms with Gasteiger partial charge in [0.25, 0.3) is 0 Å². The van der Waals surface area contributed by atoms with Crippen molar-refractivity contribution in [2.75, 3.05) is 39.8 Å². The second-order valence-corrected chi connectivity index (χ2v) is 6.54. The maximum Gasteiger partial charge on any atom is 0.390 e. The Labute approximate surface area is 182 Å². The maximum atomic E-state index is 12.4. The second kappa shape index (κ2) is 12.4. The molecule has 2 rings (SSSR count). The van der Waals surface area contributed by atoms with Gasteiger partial charge in [0.2, 0.25) is 0 Å². The van der Waals surface area contributed by atoms with Gasteiger partial charge in [-0.3, -0.25) is 9.89 Å². The minimum atomic E-state index is -4.18. The van der Waals surface area contributed by atoms with E-state index in [9.17, 15) is 13.2 Å². The molecule has 2 N–H and O–H groups in total. The molecule has 5 nitrogen and oxygen atoms in total. The van der Waals surface area contributed by atoms with Crippen molar-refractivity contribution in [1.29, 1.82) is 0 Å². The molecule has 1 heterocycles. The lowest BCUT2D eigenvalue weighted by Gasteiger charge is -2.27. The third kappa shape index (κ3) is 8.42. The van der Waals surface area contributed by atoms with E-state index in [1.54, 1.807) is 7.11 Å². The fraction of sp³-hybridized carbons (Fsp3) is 0.632. The first-order chi connectivity index (χ1) is 12.9. The summed E-state index contributed by atoms with van der Waals surface area (Å²) >= 11 is 0. The molecule has 0 radical (unpaired) electrons. The smallest absolute Gasteiger partial charge is 0.390 e. The molecule has 0 spiro atoms. The Morgan fingerprint density at radius 3 is 2.36 bits per heavy atom. The van der Waals surface area contributed by atoms with E-state index >= 15 is 0 Å². The van der Waals surface area contributed by atoms with Gasteiger partial charge in [0.15, 0.2) is 5.96 Å². The van der Waals surface area contributed by atoms with Crippen molar-refractivity contribution in [1.82, 2.24) is 15.5 Å². The van der Waals surface area contributed by atoms with Gasteiger partial charge in [0.1, 0.15) is 5.75 Å². The quantitative estimate of drug-likeness (QED) is 0.314. The summed E-state index contributed by atoms with van der Waals surface area (Å²) in [5.41, 5.74) is 1.13. The average Bonchev–Trinajstić information content (AvgIpc) is 3.15. The van der Waals surface area contributed by atoms with E-state index in [4.69, 9.17) is 4.74 Å². The first kappa shape index (κ1) is 24.8. The molecule has 0 bridgehead atoms.